The van der Waals surface area contributed by atoms with Crippen molar-refractivity contribution >= 4 is 5.91 Å². The molecule has 1 aliphatic carbocycles. The topological polar surface area (TPSA) is 64.9 Å². The first kappa shape index (κ1) is 12.4. The van der Waals surface area contributed by atoms with E-state index in [1.165, 1.54) is 0 Å². The minimum Gasteiger partial charge on any atom is -0.352 e. The molecule has 4 nitrogen and oxygen atoms in total. The normalized spacial score (nSPS) is 37.4. The molecule has 0 aromatic carbocycles. The monoisotopic (exact) mass is 235 g/mol. The van der Waals surface area contributed by atoms with Crippen molar-refractivity contribution in [1.29, 1.82) is 5.26 Å². The van der Waals surface area contributed by atoms with Crippen LogP contribution in [0.2, 0.25) is 0 Å². The van der Waals surface area contributed by atoms with Crippen LogP contribution in [0.5, 0.6) is 0 Å². The van der Waals surface area contributed by atoms with Crippen LogP contribution in [0.25, 0.3) is 0 Å². The zero-order valence-electron chi connectivity index (χ0n) is 10.5. The Bertz CT molecular complexity index is 328. The molecule has 1 saturated carbocycles. The van der Waals surface area contributed by atoms with E-state index in [1.54, 1.807) is 0 Å². The van der Waals surface area contributed by atoms with Gasteiger partial charge in [-0.25, -0.2) is 0 Å². The fourth-order valence-corrected chi connectivity index (χ4v) is 2.88. The third-order valence-electron chi connectivity index (χ3n) is 4.14. The van der Waals surface area contributed by atoms with E-state index in [1.807, 2.05) is 6.92 Å². The molecule has 0 radical (unpaired) electrons. The fourth-order valence-electron chi connectivity index (χ4n) is 2.88. The SMILES string of the molecule is CC1(C(=O)NC2CCCC2C#N)CCCNC1. The van der Waals surface area contributed by atoms with Gasteiger partial charge in [-0.05, 0) is 45.6 Å². The molecular weight excluding hydrogens is 214 g/mol. The Morgan fingerprint density at radius 3 is 2.94 bits per heavy atom. The van der Waals surface area contributed by atoms with Gasteiger partial charge in [0.2, 0.25) is 5.91 Å². The van der Waals surface area contributed by atoms with Crippen molar-refractivity contribution in [3.8, 4) is 6.07 Å². The Labute approximate surface area is 103 Å². The predicted molar refractivity (Wildman–Crippen MR) is 65.1 cm³/mol. The quantitative estimate of drug-likeness (QED) is 0.755. The van der Waals surface area contributed by atoms with Crippen molar-refractivity contribution in [2.24, 2.45) is 11.3 Å². The second-order valence-corrected chi connectivity index (χ2v) is 5.59. The molecule has 4 heteroatoms. The lowest BCUT2D eigenvalue weighted by molar-refractivity contribution is -0.132. The van der Waals surface area contributed by atoms with E-state index < -0.39 is 0 Å². The molecule has 3 atom stereocenters. The van der Waals surface area contributed by atoms with Gasteiger partial charge >= 0.3 is 0 Å². The second-order valence-electron chi connectivity index (χ2n) is 5.59. The molecular formula is C13H21N3O. The molecule has 2 N–H and O–H groups in total. The lowest BCUT2D eigenvalue weighted by atomic mass is 9.81. The number of nitriles is 1. The van der Waals surface area contributed by atoms with Crippen LogP contribution in [0.3, 0.4) is 0 Å². The average Bonchev–Trinajstić information content (AvgIpc) is 2.77. The summed E-state index contributed by atoms with van der Waals surface area (Å²) in [6.45, 7) is 3.78. The number of nitrogens with zero attached hydrogens (tertiary/aromatic N) is 1. The van der Waals surface area contributed by atoms with Crippen molar-refractivity contribution in [2.45, 2.75) is 45.1 Å². The largest absolute Gasteiger partial charge is 0.352 e. The molecule has 3 unspecified atom stereocenters. The number of hydrogen-bond donors (Lipinski definition) is 2. The summed E-state index contributed by atoms with van der Waals surface area (Å²) < 4.78 is 0. The van der Waals surface area contributed by atoms with E-state index >= 15 is 0 Å². The summed E-state index contributed by atoms with van der Waals surface area (Å²) in [5.74, 6) is 0.135. The Morgan fingerprint density at radius 1 is 1.47 bits per heavy atom. The van der Waals surface area contributed by atoms with Gasteiger partial charge in [0.05, 0.1) is 17.4 Å². The number of piperidine rings is 1. The molecule has 0 aromatic heterocycles. The van der Waals surface area contributed by atoms with E-state index in [4.69, 9.17) is 5.26 Å². The summed E-state index contributed by atoms with van der Waals surface area (Å²) in [4.78, 5) is 12.3. The minimum absolute atomic E-state index is 0.0131. The zero-order chi connectivity index (χ0) is 12.3. The van der Waals surface area contributed by atoms with Crippen LogP contribution >= 0.6 is 0 Å². The summed E-state index contributed by atoms with van der Waals surface area (Å²) >= 11 is 0. The maximum absolute atomic E-state index is 12.3. The molecule has 1 heterocycles. The second kappa shape index (κ2) is 5.05. The molecule has 94 valence electrons. The summed E-state index contributed by atoms with van der Waals surface area (Å²) in [6, 6.07) is 2.38. The number of amides is 1. The zero-order valence-corrected chi connectivity index (χ0v) is 10.5. The molecule has 1 aliphatic heterocycles. The molecule has 0 spiro atoms. The lowest BCUT2D eigenvalue weighted by Crippen LogP contribution is -2.51. The first-order valence-electron chi connectivity index (χ1n) is 6.57. The van der Waals surface area contributed by atoms with Gasteiger partial charge in [0.25, 0.3) is 0 Å². The van der Waals surface area contributed by atoms with E-state index in [0.29, 0.717) is 0 Å². The molecule has 17 heavy (non-hydrogen) atoms. The van der Waals surface area contributed by atoms with Crippen molar-refractivity contribution < 1.29 is 4.79 Å². The van der Waals surface area contributed by atoms with E-state index in [2.05, 4.69) is 16.7 Å². The van der Waals surface area contributed by atoms with Crippen LogP contribution in [-0.2, 0) is 4.79 Å². The van der Waals surface area contributed by atoms with Gasteiger partial charge in [-0.2, -0.15) is 5.26 Å². The van der Waals surface area contributed by atoms with Crippen molar-refractivity contribution in [3.63, 3.8) is 0 Å². The number of carbonyl (C=O) groups is 1. The van der Waals surface area contributed by atoms with Gasteiger partial charge in [-0.15, -0.1) is 0 Å². The number of hydrogen-bond acceptors (Lipinski definition) is 3. The number of nitrogens with one attached hydrogen (secondary N) is 2. The van der Waals surface area contributed by atoms with Gasteiger partial charge < -0.3 is 10.6 Å². The Kier molecular flexibility index (Phi) is 3.68. The smallest absolute Gasteiger partial charge is 0.227 e. The highest BCUT2D eigenvalue weighted by Gasteiger charge is 2.37. The lowest BCUT2D eigenvalue weighted by Gasteiger charge is -2.34. The summed E-state index contributed by atoms with van der Waals surface area (Å²) in [6.07, 6.45) is 4.92. The maximum atomic E-state index is 12.3. The third-order valence-corrected chi connectivity index (χ3v) is 4.14. The van der Waals surface area contributed by atoms with Crippen LogP contribution in [-0.4, -0.2) is 25.0 Å². The highest BCUT2D eigenvalue weighted by Crippen LogP contribution is 2.29. The molecule has 1 amide bonds. The first-order chi connectivity index (χ1) is 8.15. The molecule has 2 rings (SSSR count). The first-order valence-corrected chi connectivity index (χ1v) is 6.57. The summed E-state index contributed by atoms with van der Waals surface area (Å²) in [5.41, 5.74) is -0.291. The van der Waals surface area contributed by atoms with Gasteiger partial charge in [0.15, 0.2) is 0 Å². The minimum atomic E-state index is -0.291. The van der Waals surface area contributed by atoms with Crippen molar-refractivity contribution in [1.82, 2.24) is 10.6 Å². The van der Waals surface area contributed by atoms with E-state index in [-0.39, 0.29) is 23.3 Å². The van der Waals surface area contributed by atoms with Crippen molar-refractivity contribution in [2.75, 3.05) is 13.1 Å². The van der Waals surface area contributed by atoms with Gasteiger partial charge in [0.1, 0.15) is 0 Å². The van der Waals surface area contributed by atoms with E-state index in [0.717, 1.165) is 45.2 Å². The van der Waals surface area contributed by atoms with Crippen LogP contribution in [0.1, 0.15) is 39.0 Å². The Balaban J connectivity index is 1.94. The highest BCUT2D eigenvalue weighted by atomic mass is 16.2. The Hall–Kier alpha value is -1.08. The van der Waals surface area contributed by atoms with Crippen LogP contribution in [0.4, 0.5) is 0 Å². The van der Waals surface area contributed by atoms with Gasteiger partial charge in [0, 0.05) is 12.6 Å². The summed E-state index contributed by atoms with van der Waals surface area (Å²) in [7, 11) is 0. The predicted octanol–water partition coefficient (Wildman–Crippen LogP) is 1.18. The molecule has 1 saturated heterocycles. The standard InChI is InChI=1S/C13H21N3O/c1-13(6-3-7-15-9-13)12(17)16-11-5-2-4-10(11)8-14/h10-11,15H,2-7,9H2,1H3,(H,16,17). The Morgan fingerprint density at radius 2 is 2.29 bits per heavy atom. The molecule has 2 fully saturated rings. The molecule has 0 bridgehead atoms. The number of carbonyl (C=O) groups excluding carboxylic acids is 1. The van der Waals surface area contributed by atoms with Crippen molar-refractivity contribution in [3.05, 3.63) is 0 Å². The van der Waals surface area contributed by atoms with E-state index in [9.17, 15) is 4.79 Å². The van der Waals surface area contributed by atoms with Crippen LogP contribution in [0.15, 0.2) is 0 Å². The number of rotatable bonds is 2. The van der Waals surface area contributed by atoms with Crippen LogP contribution in [0, 0.1) is 22.7 Å². The average molecular weight is 235 g/mol. The third kappa shape index (κ3) is 2.61. The van der Waals surface area contributed by atoms with Gasteiger partial charge in [-0.3, -0.25) is 4.79 Å². The molecule has 2 aliphatic rings. The fraction of sp³-hybridized carbons (Fsp3) is 0.846. The maximum Gasteiger partial charge on any atom is 0.227 e. The summed E-state index contributed by atoms with van der Waals surface area (Å²) in [5, 5.41) is 15.4. The highest BCUT2D eigenvalue weighted by molar-refractivity contribution is 5.83. The van der Waals surface area contributed by atoms with Crippen LogP contribution < -0.4 is 10.6 Å². The van der Waals surface area contributed by atoms with Gasteiger partial charge in [-0.1, -0.05) is 0 Å². The molecule has 0 aromatic rings.